The minimum atomic E-state index is 1.04. The molecule has 0 aliphatic heterocycles. The van der Waals surface area contributed by atoms with E-state index in [2.05, 4.69) is 49.5 Å². The first-order chi connectivity index (χ1) is 6.35. The Kier molecular flexibility index (Phi) is 8.68. The van der Waals surface area contributed by atoms with E-state index < -0.39 is 0 Å². The molecule has 0 radical (unpaired) electrons. The lowest BCUT2D eigenvalue weighted by atomic mass is 10.1. The fraction of sp³-hybridized carbons (Fsp3) is 0.500. The summed E-state index contributed by atoms with van der Waals surface area (Å²) in [5.74, 6) is 0. The van der Waals surface area contributed by atoms with E-state index in [1.807, 2.05) is 7.05 Å². The van der Waals surface area contributed by atoms with Crippen LogP contribution in [-0.2, 0) is 0 Å². The van der Waals surface area contributed by atoms with E-state index in [4.69, 9.17) is 0 Å². The van der Waals surface area contributed by atoms with Crippen molar-refractivity contribution in [3.63, 3.8) is 0 Å². The molecular formula is C12H21N. The van der Waals surface area contributed by atoms with E-state index in [0.29, 0.717) is 0 Å². The molecule has 13 heavy (non-hydrogen) atoms. The predicted molar refractivity (Wildman–Crippen MR) is 60.9 cm³/mol. The molecule has 1 nitrogen and oxygen atoms in total. The van der Waals surface area contributed by atoms with Gasteiger partial charge in [-0.1, -0.05) is 37.3 Å². The van der Waals surface area contributed by atoms with Gasteiger partial charge in [-0.2, -0.15) is 0 Å². The molecule has 0 spiro atoms. The average Bonchev–Trinajstić information content (AvgIpc) is 2.14. The van der Waals surface area contributed by atoms with Crippen molar-refractivity contribution in [1.82, 2.24) is 5.32 Å². The number of allylic oxidation sites excluding steroid dienone is 5. The highest BCUT2D eigenvalue weighted by atomic mass is 14.8. The summed E-state index contributed by atoms with van der Waals surface area (Å²) in [6.45, 7) is 5.24. The Labute approximate surface area is 82.2 Å². The van der Waals surface area contributed by atoms with Gasteiger partial charge in [-0.05, 0) is 38.9 Å². The minimum Gasteiger partial charge on any atom is -0.319 e. The van der Waals surface area contributed by atoms with E-state index in [-0.39, 0.29) is 0 Å². The molecule has 0 saturated carbocycles. The van der Waals surface area contributed by atoms with Crippen LogP contribution >= 0.6 is 0 Å². The molecule has 0 aromatic rings. The van der Waals surface area contributed by atoms with Gasteiger partial charge in [-0.25, -0.2) is 0 Å². The van der Waals surface area contributed by atoms with E-state index in [1.54, 1.807) is 0 Å². The van der Waals surface area contributed by atoms with Gasteiger partial charge in [0.15, 0.2) is 0 Å². The van der Waals surface area contributed by atoms with Gasteiger partial charge in [0.05, 0.1) is 0 Å². The summed E-state index contributed by atoms with van der Waals surface area (Å²) < 4.78 is 0. The topological polar surface area (TPSA) is 12.0 Å². The number of hydrogen-bond donors (Lipinski definition) is 1. The number of nitrogens with one attached hydrogen (secondary N) is 1. The zero-order valence-corrected chi connectivity index (χ0v) is 9.01. The molecule has 0 aliphatic carbocycles. The van der Waals surface area contributed by atoms with Gasteiger partial charge in [-0.3, -0.25) is 0 Å². The monoisotopic (exact) mass is 179 g/mol. The summed E-state index contributed by atoms with van der Waals surface area (Å²) in [7, 11) is 1.98. The third kappa shape index (κ3) is 7.54. The summed E-state index contributed by atoms with van der Waals surface area (Å²) in [5.41, 5.74) is 1.38. The molecule has 0 unspecified atom stereocenters. The lowest BCUT2D eigenvalue weighted by Crippen LogP contribution is -2.07. The van der Waals surface area contributed by atoms with Crippen LogP contribution in [0.25, 0.3) is 0 Å². The van der Waals surface area contributed by atoms with Gasteiger partial charge < -0.3 is 5.32 Å². The highest BCUT2D eigenvalue weighted by Crippen LogP contribution is 2.03. The van der Waals surface area contributed by atoms with Crippen LogP contribution in [0.3, 0.4) is 0 Å². The summed E-state index contributed by atoms with van der Waals surface area (Å²) in [6, 6.07) is 0. The van der Waals surface area contributed by atoms with Crippen molar-refractivity contribution in [3.8, 4) is 0 Å². The van der Waals surface area contributed by atoms with E-state index in [0.717, 1.165) is 19.4 Å². The molecule has 0 atom stereocenters. The molecule has 0 rings (SSSR count). The Hall–Kier alpha value is -0.820. The van der Waals surface area contributed by atoms with Crippen molar-refractivity contribution < 1.29 is 0 Å². The van der Waals surface area contributed by atoms with Crippen LogP contribution in [0.5, 0.6) is 0 Å². The zero-order valence-electron chi connectivity index (χ0n) is 9.01. The van der Waals surface area contributed by atoms with Crippen LogP contribution < -0.4 is 5.32 Å². The predicted octanol–water partition coefficient (Wildman–Crippen LogP) is 3.06. The first-order valence-corrected chi connectivity index (χ1v) is 4.98. The van der Waals surface area contributed by atoms with E-state index in [9.17, 15) is 0 Å². The third-order valence-electron chi connectivity index (χ3n) is 1.73. The molecule has 1 N–H and O–H groups in total. The molecule has 0 amide bonds. The number of hydrogen-bond acceptors (Lipinski definition) is 1. The Morgan fingerprint density at radius 1 is 1.38 bits per heavy atom. The van der Waals surface area contributed by atoms with Gasteiger partial charge in [0, 0.05) is 0 Å². The summed E-state index contributed by atoms with van der Waals surface area (Å²) in [6.07, 6.45) is 12.9. The molecule has 0 bridgehead atoms. The molecular weight excluding hydrogens is 158 g/mol. The van der Waals surface area contributed by atoms with Crippen molar-refractivity contribution in [2.75, 3.05) is 13.6 Å². The number of rotatable bonds is 6. The zero-order chi connectivity index (χ0) is 9.94. The maximum Gasteiger partial charge on any atom is -0.00114 e. The van der Waals surface area contributed by atoms with Gasteiger partial charge in [0.25, 0.3) is 0 Å². The fourth-order valence-corrected chi connectivity index (χ4v) is 1.03. The van der Waals surface area contributed by atoms with Crippen LogP contribution in [-0.4, -0.2) is 13.6 Å². The average molecular weight is 179 g/mol. The Morgan fingerprint density at radius 3 is 2.69 bits per heavy atom. The molecule has 0 aliphatic rings. The first kappa shape index (κ1) is 12.2. The molecule has 0 saturated heterocycles. The van der Waals surface area contributed by atoms with Crippen molar-refractivity contribution in [3.05, 3.63) is 36.0 Å². The van der Waals surface area contributed by atoms with E-state index >= 15 is 0 Å². The Morgan fingerprint density at radius 2 is 2.15 bits per heavy atom. The first-order valence-electron chi connectivity index (χ1n) is 4.98. The van der Waals surface area contributed by atoms with Gasteiger partial charge in [-0.15, -0.1) is 0 Å². The smallest absolute Gasteiger partial charge is 0.00114 e. The molecule has 0 aromatic carbocycles. The van der Waals surface area contributed by atoms with Crippen LogP contribution in [0.1, 0.15) is 26.7 Å². The summed E-state index contributed by atoms with van der Waals surface area (Å²) in [4.78, 5) is 0. The maximum absolute atomic E-state index is 3.15. The largest absolute Gasteiger partial charge is 0.319 e. The van der Waals surface area contributed by atoms with Gasteiger partial charge in [0.1, 0.15) is 0 Å². The fourth-order valence-electron chi connectivity index (χ4n) is 1.03. The highest BCUT2D eigenvalue weighted by Gasteiger charge is 1.88. The minimum absolute atomic E-state index is 1.04. The Balaban J connectivity index is 4.06. The Bertz CT molecular complexity index is 187. The van der Waals surface area contributed by atoms with Crippen LogP contribution in [0.4, 0.5) is 0 Å². The van der Waals surface area contributed by atoms with Crippen molar-refractivity contribution in [2.24, 2.45) is 0 Å². The second-order valence-electron chi connectivity index (χ2n) is 2.93. The van der Waals surface area contributed by atoms with Crippen LogP contribution in [0, 0.1) is 0 Å². The molecule has 0 fully saturated rings. The van der Waals surface area contributed by atoms with Crippen molar-refractivity contribution in [2.45, 2.75) is 26.7 Å². The van der Waals surface area contributed by atoms with Crippen LogP contribution in [0.2, 0.25) is 0 Å². The van der Waals surface area contributed by atoms with Crippen LogP contribution in [0.15, 0.2) is 36.0 Å². The third-order valence-corrected chi connectivity index (χ3v) is 1.73. The molecule has 0 heterocycles. The summed E-state index contributed by atoms with van der Waals surface area (Å²) >= 11 is 0. The highest BCUT2D eigenvalue weighted by molar-refractivity contribution is 5.23. The van der Waals surface area contributed by atoms with Crippen molar-refractivity contribution >= 4 is 0 Å². The maximum atomic E-state index is 3.15. The van der Waals surface area contributed by atoms with Crippen molar-refractivity contribution in [1.29, 1.82) is 0 Å². The quantitative estimate of drug-likeness (QED) is 0.618. The molecule has 74 valence electrons. The molecule has 0 aromatic heterocycles. The second kappa shape index (κ2) is 9.27. The lowest BCUT2D eigenvalue weighted by molar-refractivity contribution is 0.794. The lowest BCUT2D eigenvalue weighted by Gasteiger charge is -1.99. The SMILES string of the molecule is C\C=C/C(=C\C=C\CC)CCNC. The van der Waals surface area contributed by atoms with E-state index in [1.165, 1.54) is 5.57 Å². The normalized spacial score (nSPS) is 13.3. The molecule has 1 heteroatoms. The van der Waals surface area contributed by atoms with Gasteiger partial charge in [0.2, 0.25) is 0 Å². The standard InChI is InChI=1S/C12H21N/c1-4-6-7-9-12(8-5-2)10-11-13-3/h5-9,13H,4,10-11H2,1-3H3/b7-6+,8-5-,12-9+. The summed E-state index contributed by atoms with van der Waals surface area (Å²) in [5, 5.41) is 3.15. The second-order valence-corrected chi connectivity index (χ2v) is 2.93. The van der Waals surface area contributed by atoms with Gasteiger partial charge >= 0.3 is 0 Å².